The molecule has 1 amide bonds. The Morgan fingerprint density at radius 1 is 1.18 bits per heavy atom. The topological polar surface area (TPSA) is 68.4 Å². The number of benzene rings is 1. The highest BCUT2D eigenvalue weighted by atomic mass is 19.4. The van der Waals surface area contributed by atoms with E-state index in [0.29, 0.717) is 44.2 Å². The first kappa shape index (κ1) is 18.3. The molecule has 1 aromatic carbocycles. The number of alkyl halides is 3. The number of imidazole rings is 1. The number of piperazine rings is 2. The van der Waals surface area contributed by atoms with Crippen LogP contribution >= 0.6 is 0 Å². The highest BCUT2D eigenvalue weighted by Crippen LogP contribution is 2.30. The van der Waals surface area contributed by atoms with Crippen LogP contribution in [0.25, 0.3) is 5.69 Å². The molecule has 0 unspecified atom stereocenters. The molecule has 2 fully saturated rings. The van der Waals surface area contributed by atoms with Crippen molar-refractivity contribution in [3.8, 4) is 11.9 Å². The molecule has 2 saturated heterocycles. The Hall–Kier alpha value is -3.06. The van der Waals surface area contributed by atoms with Crippen molar-refractivity contribution in [1.82, 2.24) is 19.4 Å². The largest absolute Gasteiger partial charge is 0.416 e. The van der Waals surface area contributed by atoms with E-state index in [1.54, 1.807) is 17.2 Å². The van der Waals surface area contributed by atoms with Crippen molar-refractivity contribution in [2.45, 2.75) is 12.2 Å². The molecule has 28 heavy (non-hydrogen) atoms. The average Bonchev–Trinajstić information content (AvgIpc) is 3.17. The second kappa shape index (κ2) is 6.83. The first-order chi connectivity index (χ1) is 13.4. The standard InChI is InChI=1S/C18H17F3N6O/c19-18(20,21)13-2-1-3-14(8-13)26-10-16(23-12-26)27-7-6-25-5-4-24(11-22)9-15(25)17(27)28/h1-3,8,10,12,15H,4-7,9H2/t15-/m1/s1. The summed E-state index contributed by atoms with van der Waals surface area (Å²) in [6, 6.07) is 4.51. The molecule has 0 saturated carbocycles. The van der Waals surface area contributed by atoms with Crippen LogP contribution in [0, 0.1) is 11.5 Å². The van der Waals surface area contributed by atoms with Crippen molar-refractivity contribution < 1.29 is 18.0 Å². The molecule has 7 nitrogen and oxygen atoms in total. The summed E-state index contributed by atoms with van der Waals surface area (Å²) in [7, 11) is 0. The number of nitriles is 1. The summed E-state index contributed by atoms with van der Waals surface area (Å²) in [5, 5.41) is 9.10. The van der Waals surface area contributed by atoms with Gasteiger partial charge in [0.05, 0.1) is 18.3 Å². The van der Waals surface area contributed by atoms with Gasteiger partial charge >= 0.3 is 6.18 Å². The summed E-state index contributed by atoms with van der Waals surface area (Å²) in [6.07, 6.45) is 0.593. The number of hydrogen-bond donors (Lipinski definition) is 0. The number of fused-ring (bicyclic) bond motifs is 1. The number of amides is 1. The SMILES string of the molecule is N#CN1CCN2CCN(c3cn(-c4cccc(C(F)(F)F)c4)cn3)C(=O)[C@H]2C1. The van der Waals surface area contributed by atoms with E-state index in [2.05, 4.69) is 16.1 Å². The molecule has 0 spiro atoms. The predicted molar refractivity (Wildman–Crippen MR) is 93.5 cm³/mol. The fourth-order valence-corrected chi connectivity index (χ4v) is 3.60. The first-order valence-corrected chi connectivity index (χ1v) is 8.78. The van der Waals surface area contributed by atoms with Crippen LogP contribution in [-0.2, 0) is 11.0 Å². The van der Waals surface area contributed by atoms with Gasteiger partial charge in [0, 0.05) is 31.9 Å². The van der Waals surface area contributed by atoms with E-state index in [0.717, 1.165) is 12.1 Å². The Labute approximate surface area is 159 Å². The number of rotatable bonds is 2. The van der Waals surface area contributed by atoms with Crippen molar-refractivity contribution >= 4 is 11.7 Å². The van der Waals surface area contributed by atoms with Gasteiger partial charge in [-0.15, -0.1) is 0 Å². The number of carbonyl (C=O) groups excluding carboxylic acids is 1. The Morgan fingerprint density at radius 3 is 2.71 bits per heavy atom. The number of hydrogen-bond acceptors (Lipinski definition) is 5. The molecule has 0 N–H and O–H groups in total. The summed E-state index contributed by atoms with van der Waals surface area (Å²) in [6.45, 7) is 2.69. The summed E-state index contributed by atoms with van der Waals surface area (Å²) >= 11 is 0. The predicted octanol–water partition coefficient (Wildman–Crippen LogP) is 1.70. The zero-order valence-corrected chi connectivity index (χ0v) is 14.8. The molecule has 146 valence electrons. The molecule has 0 bridgehead atoms. The van der Waals surface area contributed by atoms with Crippen LogP contribution in [0.2, 0.25) is 0 Å². The zero-order valence-electron chi connectivity index (χ0n) is 14.8. The van der Waals surface area contributed by atoms with E-state index in [1.165, 1.54) is 21.9 Å². The molecule has 2 aliphatic rings. The van der Waals surface area contributed by atoms with Crippen LogP contribution in [0.3, 0.4) is 0 Å². The first-order valence-electron chi connectivity index (χ1n) is 8.78. The van der Waals surface area contributed by atoms with Crippen molar-refractivity contribution in [3.63, 3.8) is 0 Å². The Balaban J connectivity index is 1.56. The third kappa shape index (κ3) is 3.29. The lowest BCUT2D eigenvalue weighted by Crippen LogP contribution is -2.64. The van der Waals surface area contributed by atoms with Crippen molar-refractivity contribution in [3.05, 3.63) is 42.4 Å². The van der Waals surface area contributed by atoms with Crippen molar-refractivity contribution in [2.75, 3.05) is 37.6 Å². The van der Waals surface area contributed by atoms with Gasteiger partial charge < -0.3 is 9.47 Å². The number of carbonyl (C=O) groups is 1. The van der Waals surface area contributed by atoms with Crippen LogP contribution < -0.4 is 4.90 Å². The Bertz CT molecular complexity index is 934. The lowest BCUT2D eigenvalue weighted by Gasteiger charge is -2.44. The maximum Gasteiger partial charge on any atom is 0.416 e. The van der Waals surface area contributed by atoms with Crippen LogP contribution in [-0.4, -0.2) is 64.0 Å². The summed E-state index contributed by atoms with van der Waals surface area (Å²) in [4.78, 5) is 22.3. The smallest absolute Gasteiger partial charge is 0.307 e. The van der Waals surface area contributed by atoms with E-state index in [-0.39, 0.29) is 5.91 Å². The molecular weight excluding hydrogens is 373 g/mol. The maximum atomic E-state index is 12.9. The molecule has 1 atom stereocenters. The molecule has 2 aliphatic heterocycles. The maximum absolute atomic E-state index is 12.9. The van der Waals surface area contributed by atoms with Gasteiger partial charge in [-0.05, 0) is 18.2 Å². The molecule has 4 rings (SSSR count). The molecule has 0 radical (unpaired) electrons. The van der Waals surface area contributed by atoms with E-state index >= 15 is 0 Å². The average molecular weight is 390 g/mol. The van der Waals surface area contributed by atoms with Gasteiger partial charge in [-0.1, -0.05) is 6.07 Å². The quantitative estimate of drug-likeness (QED) is 0.731. The van der Waals surface area contributed by atoms with Gasteiger partial charge in [-0.25, -0.2) is 4.98 Å². The van der Waals surface area contributed by atoms with E-state index in [1.807, 2.05) is 0 Å². The van der Waals surface area contributed by atoms with Crippen molar-refractivity contribution in [1.29, 1.82) is 5.26 Å². The minimum atomic E-state index is -4.43. The van der Waals surface area contributed by atoms with Gasteiger partial charge in [0.25, 0.3) is 0 Å². The van der Waals surface area contributed by atoms with E-state index in [9.17, 15) is 18.0 Å². The van der Waals surface area contributed by atoms with Gasteiger partial charge in [0.2, 0.25) is 5.91 Å². The second-order valence-electron chi connectivity index (χ2n) is 6.77. The lowest BCUT2D eigenvalue weighted by atomic mass is 10.1. The summed E-state index contributed by atoms with van der Waals surface area (Å²) in [5.74, 6) is 0.233. The van der Waals surface area contributed by atoms with E-state index < -0.39 is 17.8 Å². The third-order valence-electron chi connectivity index (χ3n) is 5.11. The molecule has 1 aromatic heterocycles. The second-order valence-corrected chi connectivity index (χ2v) is 6.77. The van der Waals surface area contributed by atoms with Crippen LogP contribution in [0.1, 0.15) is 5.56 Å². The van der Waals surface area contributed by atoms with Crippen molar-refractivity contribution in [2.24, 2.45) is 0 Å². The summed E-state index contributed by atoms with van der Waals surface area (Å²) in [5.41, 5.74) is -0.434. The number of halogens is 3. The van der Waals surface area contributed by atoms with Gasteiger partial charge in [0.15, 0.2) is 12.0 Å². The normalized spacial score (nSPS) is 20.8. The zero-order chi connectivity index (χ0) is 19.9. The van der Waals surface area contributed by atoms with Gasteiger partial charge in [0.1, 0.15) is 12.4 Å². The number of aromatic nitrogens is 2. The Morgan fingerprint density at radius 2 is 1.96 bits per heavy atom. The fourth-order valence-electron chi connectivity index (χ4n) is 3.60. The van der Waals surface area contributed by atoms with Gasteiger partial charge in [-0.3, -0.25) is 14.6 Å². The molecular formula is C18H17F3N6O. The minimum Gasteiger partial charge on any atom is -0.307 e. The number of anilines is 1. The molecule has 2 aromatic rings. The van der Waals surface area contributed by atoms with Crippen LogP contribution in [0.5, 0.6) is 0 Å². The molecule has 0 aliphatic carbocycles. The van der Waals surface area contributed by atoms with Crippen LogP contribution in [0.4, 0.5) is 19.0 Å². The Kier molecular flexibility index (Phi) is 4.47. The minimum absolute atomic E-state index is 0.152. The third-order valence-corrected chi connectivity index (χ3v) is 5.11. The summed E-state index contributed by atoms with van der Waals surface area (Å²) < 4.78 is 40.3. The highest BCUT2D eigenvalue weighted by Gasteiger charge is 2.39. The number of nitrogens with zero attached hydrogens (tertiary/aromatic N) is 6. The van der Waals surface area contributed by atoms with E-state index in [4.69, 9.17) is 5.26 Å². The fraction of sp³-hybridized carbons (Fsp3) is 0.389. The molecule has 3 heterocycles. The highest BCUT2D eigenvalue weighted by molar-refractivity contribution is 5.97. The molecule has 10 heteroatoms. The monoisotopic (exact) mass is 390 g/mol. The lowest BCUT2D eigenvalue weighted by molar-refractivity contribution is -0.137. The van der Waals surface area contributed by atoms with Crippen LogP contribution in [0.15, 0.2) is 36.8 Å². The van der Waals surface area contributed by atoms with Gasteiger partial charge in [-0.2, -0.15) is 18.4 Å².